The van der Waals surface area contributed by atoms with Crippen LogP contribution in [0, 0.1) is 0 Å². The number of primary amides is 1. The fraction of sp³-hybridized carbons (Fsp3) is 0.0526. The van der Waals surface area contributed by atoms with Crippen LogP contribution in [-0.2, 0) is 6.42 Å². The third-order valence-electron chi connectivity index (χ3n) is 3.94. The number of benzene rings is 2. The second-order valence-electron chi connectivity index (χ2n) is 5.52. The molecule has 4 rings (SSSR count). The highest BCUT2D eigenvalue weighted by molar-refractivity contribution is 7.09. The Kier molecular flexibility index (Phi) is 3.63. The van der Waals surface area contributed by atoms with Gasteiger partial charge in [0.1, 0.15) is 5.82 Å². The zero-order chi connectivity index (χ0) is 16.5. The Morgan fingerprint density at radius 2 is 1.92 bits per heavy atom. The SMILES string of the molecule is NC(=O)c1ccc2c(c1)nc(Cc1cccs1)n2-c1ccccc1. The van der Waals surface area contributed by atoms with Crippen molar-refractivity contribution in [2.75, 3.05) is 0 Å². The monoisotopic (exact) mass is 333 g/mol. The van der Waals surface area contributed by atoms with Gasteiger partial charge in [0.25, 0.3) is 0 Å². The zero-order valence-electron chi connectivity index (χ0n) is 12.8. The minimum absolute atomic E-state index is 0.439. The first-order valence-electron chi connectivity index (χ1n) is 7.61. The van der Waals surface area contributed by atoms with Crippen molar-refractivity contribution < 1.29 is 4.79 Å². The molecule has 0 aliphatic rings. The molecule has 0 unspecified atom stereocenters. The summed E-state index contributed by atoms with van der Waals surface area (Å²) in [7, 11) is 0. The van der Waals surface area contributed by atoms with Gasteiger partial charge < -0.3 is 5.73 Å². The summed E-state index contributed by atoms with van der Waals surface area (Å²) in [6.45, 7) is 0. The number of aromatic nitrogens is 2. The molecule has 4 nitrogen and oxygen atoms in total. The molecule has 2 aromatic carbocycles. The first kappa shape index (κ1) is 14.7. The first-order chi connectivity index (χ1) is 11.7. The summed E-state index contributed by atoms with van der Waals surface area (Å²) in [5.74, 6) is 0.506. The lowest BCUT2D eigenvalue weighted by Crippen LogP contribution is -2.10. The van der Waals surface area contributed by atoms with E-state index in [4.69, 9.17) is 10.7 Å². The number of nitrogens with zero attached hydrogens (tertiary/aromatic N) is 2. The van der Waals surface area contributed by atoms with Gasteiger partial charge in [0.15, 0.2) is 0 Å². The van der Waals surface area contributed by atoms with Crippen molar-refractivity contribution >= 4 is 28.3 Å². The van der Waals surface area contributed by atoms with Gasteiger partial charge in [-0.3, -0.25) is 9.36 Å². The van der Waals surface area contributed by atoms with Crippen LogP contribution >= 0.6 is 11.3 Å². The minimum Gasteiger partial charge on any atom is -0.366 e. The van der Waals surface area contributed by atoms with Gasteiger partial charge >= 0.3 is 0 Å². The maximum Gasteiger partial charge on any atom is 0.248 e. The smallest absolute Gasteiger partial charge is 0.248 e. The standard InChI is InChI=1S/C19H15N3OS/c20-19(23)13-8-9-17-16(11-13)21-18(12-15-7-4-10-24-15)22(17)14-5-2-1-3-6-14/h1-11H,12H2,(H2,20,23). The van der Waals surface area contributed by atoms with E-state index < -0.39 is 5.91 Å². The van der Waals surface area contributed by atoms with Crippen LogP contribution in [0.15, 0.2) is 66.0 Å². The topological polar surface area (TPSA) is 60.9 Å². The molecule has 24 heavy (non-hydrogen) atoms. The molecular formula is C19H15N3OS. The Bertz CT molecular complexity index is 1000. The van der Waals surface area contributed by atoms with Crippen LogP contribution in [0.3, 0.4) is 0 Å². The van der Waals surface area contributed by atoms with Crippen molar-refractivity contribution in [2.24, 2.45) is 5.73 Å². The van der Waals surface area contributed by atoms with E-state index >= 15 is 0 Å². The number of hydrogen-bond acceptors (Lipinski definition) is 3. The average Bonchev–Trinajstić information content (AvgIpc) is 3.22. The number of imidazole rings is 1. The van der Waals surface area contributed by atoms with Gasteiger partial charge in [-0.2, -0.15) is 0 Å². The van der Waals surface area contributed by atoms with Crippen molar-refractivity contribution in [2.45, 2.75) is 6.42 Å². The molecule has 1 amide bonds. The first-order valence-corrected chi connectivity index (χ1v) is 8.49. The molecule has 4 aromatic rings. The Labute approximate surface area is 143 Å². The van der Waals surface area contributed by atoms with Gasteiger partial charge in [-0.05, 0) is 41.8 Å². The lowest BCUT2D eigenvalue weighted by molar-refractivity contribution is 0.100. The molecule has 0 radical (unpaired) electrons. The highest BCUT2D eigenvalue weighted by Gasteiger charge is 2.14. The van der Waals surface area contributed by atoms with E-state index in [1.54, 1.807) is 23.5 Å². The molecule has 0 saturated heterocycles. The van der Waals surface area contributed by atoms with Crippen molar-refractivity contribution in [3.8, 4) is 5.69 Å². The maximum absolute atomic E-state index is 11.5. The molecule has 5 heteroatoms. The second-order valence-corrected chi connectivity index (χ2v) is 6.56. The molecule has 0 saturated carbocycles. The van der Waals surface area contributed by atoms with E-state index in [9.17, 15) is 4.79 Å². The molecular weight excluding hydrogens is 318 g/mol. The van der Waals surface area contributed by atoms with E-state index in [-0.39, 0.29) is 0 Å². The predicted molar refractivity (Wildman–Crippen MR) is 96.7 cm³/mol. The molecule has 0 spiro atoms. The van der Waals surface area contributed by atoms with Crippen LogP contribution in [0.4, 0.5) is 0 Å². The molecule has 2 N–H and O–H groups in total. The average molecular weight is 333 g/mol. The van der Waals surface area contributed by atoms with Crippen molar-refractivity contribution in [1.29, 1.82) is 0 Å². The van der Waals surface area contributed by atoms with Crippen molar-refractivity contribution in [3.63, 3.8) is 0 Å². The molecule has 2 aromatic heterocycles. The number of fused-ring (bicyclic) bond motifs is 1. The Balaban J connectivity index is 1.93. The molecule has 0 fully saturated rings. The summed E-state index contributed by atoms with van der Waals surface area (Å²) in [5, 5.41) is 2.07. The molecule has 2 heterocycles. The van der Waals surface area contributed by atoms with Crippen molar-refractivity contribution in [1.82, 2.24) is 9.55 Å². The van der Waals surface area contributed by atoms with Crippen LogP contribution in [0.25, 0.3) is 16.7 Å². The summed E-state index contributed by atoms with van der Waals surface area (Å²) in [6.07, 6.45) is 0.743. The normalized spacial score (nSPS) is 11.0. The highest BCUT2D eigenvalue weighted by atomic mass is 32.1. The number of para-hydroxylation sites is 1. The van der Waals surface area contributed by atoms with E-state index in [0.29, 0.717) is 5.56 Å². The molecule has 0 atom stereocenters. The van der Waals surface area contributed by atoms with E-state index in [0.717, 1.165) is 29.0 Å². The van der Waals surface area contributed by atoms with Gasteiger partial charge in [-0.15, -0.1) is 11.3 Å². The number of nitrogens with two attached hydrogens (primary N) is 1. The van der Waals surface area contributed by atoms with Crippen LogP contribution in [0.5, 0.6) is 0 Å². The number of amides is 1. The number of carbonyl (C=O) groups excluding carboxylic acids is 1. The summed E-state index contributed by atoms with van der Waals surface area (Å²) in [5.41, 5.74) is 8.68. The molecule has 118 valence electrons. The molecule has 0 aliphatic carbocycles. The van der Waals surface area contributed by atoms with Crippen molar-refractivity contribution in [3.05, 3.63) is 82.3 Å². The minimum atomic E-state index is -0.439. The fourth-order valence-corrected chi connectivity index (χ4v) is 3.54. The van der Waals surface area contributed by atoms with Gasteiger partial charge in [0, 0.05) is 22.5 Å². The van der Waals surface area contributed by atoms with Crippen LogP contribution in [0.2, 0.25) is 0 Å². The quantitative estimate of drug-likeness (QED) is 0.618. The number of carbonyl (C=O) groups is 1. The Hall–Kier alpha value is -2.92. The zero-order valence-corrected chi connectivity index (χ0v) is 13.7. The van der Waals surface area contributed by atoms with Gasteiger partial charge in [0.2, 0.25) is 5.91 Å². The summed E-state index contributed by atoms with van der Waals surface area (Å²) in [6, 6.07) is 19.7. The van der Waals surface area contributed by atoms with E-state index in [1.165, 1.54) is 4.88 Å². The van der Waals surface area contributed by atoms with Crippen LogP contribution < -0.4 is 5.73 Å². The fourth-order valence-electron chi connectivity index (χ4n) is 2.84. The maximum atomic E-state index is 11.5. The Morgan fingerprint density at radius 1 is 1.08 bits per heavy atom. The third-order valence-corrected chi connectivity index (χ3v) is 4.81. The van der Waals surface area contributed by atoms with Gasteiger partial charge in [0.05, 0.1) is 11.0 Å². The van der Waals surface area contributed by atoms with Crippen LogP contribution in [-0.4, -0.2) is 15.5 Å². The summed E-state index contributed by atoms with van der Waals surface area (Å²) < 4.78 is 2.14. The number of thiophene rings is 1. The predicted octanol–water partition coefficient (Wildman–Crippen LogP) is 3.78. The second kappa shape index (κ2) is 5.94. The van der Waals surface area contributed by atoms with Gasteiger partial charge in [-0.1, -0.05) is 24.3 Å². The molecule has 0 aliphatic heterocycles. The summed E-state index contributed by atoms with van der Waals surface area (Å²) in [4.78, 5) is 17.5. The molecule has 0 bridgehead atoms. The lowest BCUT2D eigenvalue weighted by Gasteiger charge is -2.08. The highest BCUT2D eigenvalue weighted by Crippen LogP contribution is 2.25. The lowest BCUT2D eigenvalue weighted by atomic mass is 10.2. The van der Waals surface area contributed by atoms with E-state index in [1.807, 2.05) is 30.3 Å². The number of rotatable bonds is 4. The summed E-state index contributed by atoms with van der Waals surface area (Å²) >= 11 is 1.71. The Morgan fingerprint density at radius 3 is 2.62 bits per heavy atom. The van der Waals surface area contributed by atoms with Crippen LogP contribution in [0.1, 0.15) is 21.1 Å². The third kappa shape index (κ3) is 2.59. The number of hydrogen-bond donors (Lipinski definition) is 1. The van der Waals surface area contributed by atoms with E-state index in [2.05, 4.69) is 28.1 Å². The largest absolute Gasteiger partial charge is 0.366 e. The van der Waals surface area contributed by atoms with Gasteiger partial charge in [-0.25, -0.2) is 4.98 Å².